The molecule has 10 heteroatoms. The second-order valence-electron chi connectivity index (χ2n) is 8.21. The molecule has 2 N–H and O–H groups in total. The lowest BCUT2D eigenvalue weighted by molar-refractivity contribution is 0.283. The number of nitrogens with zero attached hydrogens (tertiary/aromatic N) is 7. The zero-order chi connectivity index (χ0) is 23.2. The van der Waals surface area contributed by atoms with Crippen LogP contribution in [0.4, 0.5) is 5.82 Å². The van der Waals surface area contributed by atoms with Crippen molar-refractivity contribution in [3.05, 3.63) is 82.4 Å². The molecule has 0 saturated carbocycles. The number of aromatic nitrogens is 6. The van der Waals surface area contributed by atoms with Crippen molar-refractivity contribution in [3.8, 4) is 11.8 Å². The summed E-state index contributed by atoms with van der Waals surface area (Å²) in [5.74, 6) is 1.21. The third-order valence-electron chi connectivity index (χ3n) is 6.37. The van der Waals surface area contributed by atoms with Gasteiger partial charge in [-0.25, -0.2) is 14.5 Å². The van der Waals surface area contributed by atoms with Gasteiger partial charge in [0, 0.05) is 24.5 Å². The van der Waals surface area contributed by atoms with Crippen LogP contribution in [0.1, 0.15) is 35.8 Å². The van der Waals surface area contributed by atoms with Gasteiger partial charge in [-0.15, -0.1) is 0 Å². The predicted octanol–water partition coefficient (Wildman–Crippen LogP) is 2.46. The van der Waals surface area contributed by atoms with Crippen LogP contribution >= 0.6 is 0 Å². The predicted molar refractivity (Wildman–Crippen MR) is 125 cm³/mol. The van der Waals surface area contributed by atoms with Crippen LogP contribution < -0.4 is 10.5 Å². The monoisotopic (exact) mass is 452 g/mol. The lowest BCUT2D eigenvalue weighted by Gasteiger charge is -2.27. The molecule has 0 spiro atoms. The molecule has 1 saturated heterocycles. The quantitative estimate of drug-likeness (QED) is 0.429. The average molecular weight is 452 g/mol. The molecule has 10 nitrogen and oxygen atoms in total. The second-order valence-corrected chi connectivity index (χ2v) is 8.21. The summed E-state index contributed by atoms with van der Waals surface area (Å²) in [4.78, 5) is 27.7. The molecular formula is C24H20N8O2. The smallest absolute Gasteiger partial charge is 0.282 e. The first-order valence-electron chi connectivity index (χ1n) is 11.0. The molecule has 0 aliphatic carbocycles. The van der Waals surface area contributed by atoms with E-state index in [1.165, 1.54) is 6.33 Å². The maximum absolute atomic E-state index is 13.8. The summed E-state index contributed by atoms with van der Waals surface area (Å²) in [7, 11) is 0. The third kappa shape index (κ3) is 2.91. The Morgan fingerprint density at radius 3 is 2.85 bits per heavy atom. The number of rotatable bonds is 4. The van der Waals surface area contributed by atoms with Gasteiger partial charge in [0.25, 0.3) is 5.56 Å². The molecule has 1 fully saturated rings. The standard InChI is InChI=1S/C24H20N8O2/c25-11-16-12-26-21-19(16)23(28-14-27-21)30-9-4-7-18(30)22-29-31-10-8-15(13-33)20(31)24(34)32(22)17-5-2-1-3-6-17/h1-3,5-6,8,10,12,14,18,33H,4,7,9,13H2,(H,26,27,28)/t18-/m0/s1. The van der Waals surface area contributed by atoms with Crippen molar-refractivity contribution in [2.24, 2.45) is 0 Å². The number of anilines is 1. The summed E-state index contributed by atoms with van der Waals surface area (Å²) in [5.41, 5.74) is 2.39. The summed E-state index contributed by atoms with van der Waals surface area (Å²) in [6.07, 6.45) is 6.44. The number of fused-ring (bicyclic) bond motifs is 2. The molecule has 168 valence electrons. The highest BCUT2D eigenvalue weighted by molar-refractivity contribution is 5.93. The molecule has 1 aliphatic heterocycles. The largest absolute Gasteiger partial charge is 0.392 e. The molecular weight excluding hydrogens is 432 g/mol. The van der Waals surface area contributed by atoms with Gasteiger partial charge in [-0.2, -0.15) is 10.4 Å². The molecule has 34 heavy (non-hydrogen) atoms. The van der Waals surface area contributed by atoms with E-state index in [9.17, 15) is 15.2 Å². The van der Waals surface area contributed by atoms with E-state index in [-0.39, 0.29) is 18.2 Å². The first-order chi connectivity index (χ1) is 16.7. The first kappa shape index (κ1) is 20.1. The number of benzene rings is 1. The zero-order valence-electron chi connectivity index (χ0n) is 18.1. The van der Waals surface area contributed by atoms with Gasteiger partial charge < -0.3 is 15.0 Å². The van der Waals surface area contributed by atoms with Crippen molar-refractivity contribution < 1.29 is 5.11 Å². The first-order valence-corrected chi connectivity index (χ1v) is 11.0. The topological polar surface area (TPSA) is 128 Å². The molecule has 4 aromatic heterocycles. The number of aliphatic hydroxyl groups is 1. The van der Waals surface area contributed by atoms with Gasteiger partial charge in [-0.3, -0.25) is 9.36 Å². The number of aliphatic hydroxyl groups excluding tert-OH is 1. The fraction of sp³-hybridized carbons (Fsp3) is 0.208. The Kier molecular flexibility index (Phi) is 4.64. The van der Waals surface area contributed by atoms with Crippen LogP contribution in [0.15, 0.2) is 59.9 Å². The van der Waals surface area contributed by atoms with Gasteiger partial charge in [-0.1, -0.05) is 18.2 Å². The molecule has 1 aliphatic rings. The van der Waals surface area contributed by atoms with Crippen LogP contribution in [0.3, 0.4) is 0 Å². The molecule has 5 heterocycles. The van der Waals surface area contributed by atoms with E-state index in [1.54, 1.807) is 27.5 Å². The number of nitriles is 1. The lowest BCUT2D eigenvalue weighted by atomic mass is 10.1. The van der Waals surface area contributed by atoms with E-state index < -0.39 is 0 Å². The average Bonchev–Trinajstić information content (AvgIpc) is 3.61. The molecule has 1 atom stereocenters. The van der Waals surface area contributed by atoms with Gasteiger partial charge in [0.05, 0.1) is 29.3 Å². The van der Waals surface area contributed by atoms with E-state index in [1.807, 2.05) is 30.3 Å². The van der Waals surface area contributed by atoms with Gasteiger partial charge in [0.15, 0.2) is 5.82 Å². The Labute approximate surface area is 193 Å². The fourth-order valence-corrected chi connectivity index (χ4v) is 4.86. The number of hydrogen-bond acceptors (Lipinski definition) is 7. The molecule has 6 rings (SSSR count). The highest BCUT2D eigenvalue weighted by Crippen LogP contribution is 2.38. The number of aromatic amines is 1. The van der Waals surface area contributed by atoms with Crippen molar-refractivity contribution in [2.45, 2.75) is 25.5 Å². The second kappa shape index (κ2) is 7.83. The number of hydrogen-bond donors (Lipinski definition) is 2. The van der Waals surface area contributed by atoms with E-state index in [2.05, 4.69) is 25.9 Å². The fourth-order valence-electron chi connectivity index (χ4n) is 4.86. The maximum atomic E-state index is 13.8. The number of nitrogens with one attached hydrogen (secondary N) is 1. The van der Waals surface area contributed by atoms with Crippen LogP contribution in [0.25, 0.3) is 22.2 Å². The van der Waals surface area contributed by atoms with Crippen molar-refractivity contribution in [1.82, 2.24) is 29.1 Å². The van der Waals surface area contributed by atoms with Crippen LogP contribution in [0, 0.1) is 11.3 Å². The van der Waals surface area contributed by atoms with Gasteiger partial charge >= 0.3 is 0 Å². The molecule has 0 unspecified atom stereocenters. The Morgan fingerprint density at radius 2 is 2.06 bits per heavy atom. The Morgan fingerprint density at radius 1 is 1.21 bits per heavy atom. The number of para-hydroxylation sites is 1. The normalized spacial score (nSPS) is 15.9. The molecule has 0 amide bonds. The minimum absolute atomic E-state index is 0.246. The maximum Gasteiger partial charge on any atom is 0.282 e. The molecule has 5 aromatic rings. The van der Waals surface area contributed by atoms with Crippen LogP contribution in [-0.2, 0) is 6.61 Å². The summed E-state index contributed by atoms with van der Waals surface area (Å²) in [6, 6.07) is 13.0. The molecule has 0 bridgehead atoms. The Bertz CT molecular complexity index is 1630. The van der Waals surface area contributed by atoms with Gasteiger partial charge in [-0.05, 0) is 31.0 Å². The summed E-state index contributed by atoms with van der Waals surface area (Å²) in [6.45, 7) is 0.448. The van der Waals surface area contributed by atoms with E-state index in [0.717, 1.165) is 12.8 Å². The summed E-state index contributed by atoms with van der Waals surface area (Å²) in [5, 5.41) is 24.9. The SMILES string of the molecule is N#Cc1c[nH]c2ncnc(N3CCC[C@H]3c3nn4ccc(CO)c4c(=O)n3-c3ccccc3)c12. The van der Waals surface area contributed by atoms with Crippen LogP contribution in [0.2, 0.25) is 0 Å². The third-order valence-corrected chi connectivity index (χ3v) is 6.37. The van der Waals surface area contributed by atoms with Gasteiger partial charge in [0.1, 0.15) is 29.4 Å². The van der Waals surface area contributed by atoms with E-state index in [4.69, 9.17) is 5.10 Å². The molecule has 0 radical (unpaired) electrons. The number of H-pyrrole nitrogens is 1. The van der Waals surface area contributed by atoms with Crippen molar-refractivity contribution >= 4 is 22.4 Å². The Hall–Kier alpha value is -4.49. The Balaban J connectivity index is 1.60. The van der Waals surface area contributed by atoms with Crippen molar-refractivity contribution in [3.63, 3.8) is 0 Å². The summed E-state index contributed by atoms with van der Waals surface area (Å²) >= 11 is 0. The van der Waals surface area contributed by atoms with Crippen LogP contribution in [0.5, 0.6) is 0 Å². The van der Waals surface area contributed by atoms with Crippen LogP contribution in [-0.4, -0.2) is 40.8 Å². The highest BCUT2D eigenvalue weighted by atomic mass is 16.3. The minimum atomic E-state index is -0.253. The highest BCUT2D eigenvalue weighted by Gasteiger charge is 2.34. The van der Waals surface area contributed by atoms with E-state index in [0.29, 0.717) is 51.6 Å². The minimum Gasteiger partial charge on any atom is -0.392 e. The van der Waals surface area contributed by atoms with Crippen molar-refractivity contribution in [2.75, 3.05) is 11.4 Å². The van der Waals surface area contributed by atoms with Gasteiger partial charge in [0.2, 0.25) is 0 Å². The van der Waals surface area contributed by atoms with E-state index >= 15 is 0 Å². The lowest BCUT2D eigenvalue weighted by Crippen LogP contribution is -2.33. The summed E-state index contributed by atoms with van der Waals surface area (Å²) < 4.78 is 3.17. The molecule has 1 aromatic carbocycles. The zero-order valence-corrected chi connectivity index (χ0v) is 18.1. The van der Waals surface area contributed by atoms with Crippen molar-refractivity contribution in [1.29, 1.82) is 5.26 Å².